The molecule has 2 aromatic rings. The number of H-pyrrole nitrogens is 2. The van der Waals surface area contributed by atoms with Crippen molar-refractivity contribution in [1.29, 1.82) is 0 Å². The monoisotopic (exact) mass is 292 g/mol. The van der Waals surface area contributed by atoms with Crippen LogP contribution in [0.1, 0.15) is 5.69 Å². The predicted molar refractivity (Wildman–Crippen MR) is 62.6 cm³/mol. The number of halogens is 3. The molecule has 0 amide bonds. The van der Waals surface area contributed by atoms with E-state index in [4.69, 9.17) is 0 Å². The molecular formula is C10H11F3N4O3. The molecular weight excluding hydrogens is 281 g/mol. The van der Waals surface area contributed by atoms with Gasteiger partial charge in [0, 0.05) is 0 Å². The van der Waals surface area contributed by atoms with Gasteiger partial charge >= 0.3 is 11.9 Å². The molecule has 7 nitrogen and oxygen atoms in total. The molecule has 0 aliphatic carbocycles. The number of fused-ring (bicyclic) bond motifs is 1. The molecule has 0 fully saturated rings. The van der Waals surface area contributed by atoms with E-state index in [0.29, 0.717) is 5.69 Å². The summed E-state index contributed by atoms with van der Waals surface area (Å²) in [5, 5.41) is 3.99. The van der Waals surface area contributed by atoms with Crippen molar-refractivity contribution < 1.29 is 17.9 Å². The van der Waals surface area contributed by atoms with E-state index in [1.54, 1.807) is 6.92 Å². The van der Waals surface area contributed by atoms with Crippen LogP contribution in [0.3, 0.4) is 0 Å². The topological polar surface area (TPSA) is 92.8 Å². The van der Waals surface area contributed by atoms with Gasteiger partial charge in [-0.3, -0.25) is 14.5 Å². The molecule has 10 heteroatoms. The highest BCUT2D eigenvalue weighted by Crippen LogP contribution is 2.14. The van der Waals surface area contributed by atoms with Crippen molar-refractivity contribution in [2.24, 2.45) is 0 Å². The van der Waals surface area contributed by atoms with Crippen molar-refractivity contribution in [1.82, 2.24) is 19.7 Å². The highest BCUT2D eigenvalue weighted by molar-refractivity contribution is 5.75. The number of hydrogen-bond donors (Lipinski definition) is 2. The summed E-state index contributed by atoms with van der Waals surface area (Å²) in [6, 6.07) is 0. The number of aromatic nitrogens is 4. The van der Waals surface area contributed by atoms with Gasteiger partial charge in [-0.2, -0.15) is 18.3 Å². The highest BCUT2D eigenvalue weighted by atomic mass is 19.4. The third-order valence-corrected chi connectivity index (χ3v) is 2.52. The molecule has 2 N–H and O–H groups in total. The Labute approximate surface area is 109 Å². The lowest BCUT2D eigenvalue weighted by Gasteiger charge is -2.07. The number of nitrogens with zero attached hydrogens (tertiary/aromatic N) is 2. The van der Waals surface area contributed by atoms with Gasteiger partial charge in [0.2, 0.25) is 0 Å². The third-order valence-electron chi connectivity index (χ3n) is 2.52. The van der Waals surface area contributed by atoms with Crippen LogP contribution in [0.5, 0.6) is 0 Å². The van der Waals surface area contributed by atoms with Gasteiger partial charge in [0.15, 0.2) is 5.52 Å². The molecule has 0 spiro atoms. The molecule has 110 valence electrons. The molecule has 20 heavy (non-hydrogen) atoms. The lowest BCUT2D eigenvalue weighted by molar-refractivity contribution is -0.174. The molecule has 0 aliphatic rings. The average molecular weight is 292 g/mol. The summed E-state index contributed by atoms with van der Waals surface area (Å²) in [6.45, 7) is -0.0764. The van der Waals surface area contributed by atoms with Gasteiger partial charge < -0.3 is 9.72 Å². The van der Waals surface area contributed by atoms with Crippen molar-refractivity contribution >= 4 is 11.0 Å². The normalized spacial score (nSPS) is 12.2. The Hall–Kier alpha value is -2.10. The molecule has 2 aromatic heterocycles. The quantitative estimate of drug-likeness (QED) is 0.793. The summed E-state index contributed by atoms with van der Waals surface area (Å²) < 4.78 is 41.4. The van der Waals surface area contributed by atoms with E-state index in [1.165, 1.54) is 4.68 Å². The first kappa shape index (κ1) is 14.3. The van der Waals surface area contributed by atoms with E-state index in [-0.39, 0.29) is 24.2 Å². The lowest BCUT2D eigenvalue weighted by atomic mass is 10.4. The number of aromatic amines is 2. The number of hydrogen-bond acceptors (Lipinski definition) is 4. The van der Waals surface area contributed by atoms with Crippen molar-refractivity contribution in [2.75, 3.05) is 13.2 Å². The fourth-order valence-corrected chi connectivity index (χ4v) is 1.77. The minimum Gasteiger partial charge on any atom is -0.370 e. The van der Waals surface area contributed by atoms with E-state index < -0.39 is 24.0 Å². The largest absolute Gasteiger partial charge is 0.411 e. The molecule has 0 unspecified atom stereocenters. The molecule has 0 aromatic carbocycles. The maximum Gasteiger partial charge on any atom is 0.411 e. The molecule has 0 aliphatic heterocycles. The number of nitrogens with one attached hydrogen (secondary N) is 2. The Bertz CT molecular complexity index is 728. The summed E-state index contributed by atoms with van der Waals surface area (Å²) in [5.41, 5.74) is -0.565. The van der Waals surface area contributed by atoms with E-state index >= 15 is 0 Å². The second-order valence-corrected chi connectivity index (χ2v) is 4.11. The van der Waals surface area contributed by atoms with Gasteiger partial charge in [-0.15, -0.1) is 0 Å². The van der Waals surface area contributed by atoms with Crippen LogP contribution in [0.15, 0.2) is 9.59 Å². The van der Waals surface area contributed by atoms with Gasteiger partial charge in [0.1, 0.15) is 6.61 Å². The van der Waals surface area contributed by atoms with Crippen LogP contribution in [-0.2, 0) is 11.3 Å². The Morgan fingerprint density at radius 3 is 2.65 bits per heavy atom. The summed E-state index contributed by atoms with van der Waals surface area (Å²) >= 11 is 0. The number of ether oxygens (including phenoxy) is 1. The zero-order valence-electron chi connectivity index (χ0n) is 10.4. The third kappa shape index (κ3) is 3.07. The van der Waals surface area contributed by atoms with Crippen molar-refractivity contribution in [3.63, 3.8) is 0 Å². The summed E-state index contributed by atoms with van der Waals surface area (Å²) in [5.74, 6) is 0. The minimum absolute atomic E-state index is 0.0322. The van der Waals surface area contributed by atoms with Crippen LogP contribution in [0, 0.1) is 6.92 Å². The van der Waals surface area contributed by atoms with Crippen LogP contribution < -0.4 is 11.2 Å². The maximum absolute atomic E-state index is 11.9. The van der Waals surface area contributed by atoms with Crippen LogP contribution in [-0.4, -0.2) is 39.1 Å². The summed E-state index contributed by atoms with van der Waals surface area (Å²) in [6.07, 6.45) is -4.40. The summed E-state index contributed by atoms with van der Waals surface area (Å²) in [4.78, 5) is 27.3. The van der Waals surface area contributed by atoms with E-state index in [9.17, 15) is 22.8 Å². The Kier molecular flexibility index (Phi) is 3.66. The van der Waals surface area contributed by atoms with E-state index in [2.05, 4.69) is 14.8 Å². The second kappa shape index (κ2) is 5.12. The standard InChI is InChI=1S/C10H11F3N4O3/c1-5-6-7(8(18)15-9(19)14-6)17(16-5)2-3-20-4-10(11,12)13/h2-4H2,1H3,(H2,14,15,18,19). The van der Waals surface area contributed by atoms with Gasteiger partial charge in [-0.1, -0.05) is 0 Å². The van der Waals surface area contributed by atoms with Crippen LogP contribution in [0.4, 0.5) is 13.2 Å². The number of aryl methyl sites for hydroxylation is 1. The zero-order valence-corrected chi connectivity index (χ0v) is 10.4. The average Bonchev–Trinajstić information content (AvgIpc) is 2.61. The minimum atomic E-state index is -4.40. The fourth-order valence-electron chi connectivity index (χ4n) is 1.77. The first-order valence-electron chi connectivity index (χ1n) is 5.62. The number of rotatable bonds is 4. The Morgan fingerprint density at radius 2 is 2.00 bits per heavy atom. The predicted octanol–water partition coefficient (Wildman–Crippen LogP) is 0.300. The molecule has 0 saturated carbocycles. The molecule has 2 heterocycles. The molecule has 0 atom stereocenters. The zero-order chi connectivity index (χ0) is 14.9. The van der Waals surface area contributed by atoms with Gasteiger partial charge in [0.05, 0.1) is 24.4 Å². The van der Waals surface area contributed by atoms with Gasteiger partial charge in [-0.05, 0) is 6.92 Å². The first-order chi connectivity index (χ1) is 9.28. The Morgan fingerprint density at radius 1 is 1.30 bits per heavy atom. The highest BCUT2D eigenvalue weighted by Gasteiger charge is 2.27. The van der Waals surface area contributed by atoms with Crippen LogP contribution in [0.2, 0.25) is 0 Å². The lowest BCUT2D eigenvalue weighted by Crippen LogP contribution is -2.24. The second-order valence-electron chi connectivity index (χ2n) is 4.11. The van der Waals surface area contributed by atoms with Crippen molar-refractivity contribution in [3.8, 4) is 0 Å². The SMILES string of the molecule is Cc1nn(CCOCC(F)(F)F)c2c(=O)[nH]c(=O)[nH]c12. The van der Waals surface area contributed by atoms with Crippen LogP contribution in [0.25, 0.3) is 11.0 Å². The maximum atomic E-state index is 11.9. The van der Waals surface area contributed by atoms with E-state index in [1.807, 2.05) is 4.98 Å². The Balaban J connectivity index is 2.19. The van der Waals surface area contributed by atoms with Crippen molar-refractivity contribution in [2.45, 2.75) is 19.6 Å². The smallest absolute Gasteiger partial charge is 0.370 e. The molecule has 2 rings (SSSR count). The molecule has 0 radical (unpaired) electrons. The summed E-state index contributed by atoms with van der Waals surface area (Å²) in [7, 11) is 0. The van der Waals surface area contributed by atoms with Crippen LogP contribution >= 0.6 is 0 Å². The first-order valence-corrected chi connectivity index (χ1v) is 5.62. The molecule has 0 bridgehead atoms. The number of alkyl halides is 3. The van der Waals surface area contributed by atoms with E-state index in [0.717, 1.165) is 0 Å². The fraction of sp³-hybridized carbons (Fsp3) is 0.500. The van der Waals surface area contributed by atoms with Gasteiger partial charge in [-0.25, -0.2) is 4.79 Å². The van der Waals surface area contributed by atoms with Crippen molar-refractivity contribution in [3.05, 3.63) is 26.5 Å². The van der Waals surface area contributed by atoms with Gasteiger partial charge in [0.25, 0.3) is 5.56 Å². The molecule has 0 saturated heterocycles.